The van der Waals surface area contributed by atoms with Crippen LogP contribution in [0.4, 0.5) is 0 Å². The minimum Gasteiger partial charge on any atom is -0.480 e. The van der Waals surface area contributed by atoms with Gasteiger partial charge in [-0.2, -0.15) is 0 Å². The molecule has 1 fully saturated rings. The summed E-state index contributed by atoms with van der Waals surface area (Å²) in [5.74, 6) is -10.4. The topological polar surface area (TPSA) is 496 Å². The quantitative estimate of drug-likeness (QED) is 0.0170. The number of carboxylic acids is 1. The number of nitrogens with two attached hydrogens (primary N) is 4. The molecule has 1 aliphatic heterocycles. The molecule has 11 atom stereocenters. The average molecular weight is 1120 g/mol. The first-order chi connectivity index (χ1) is 37.2. The van der Waals surface area contributed by atoms with Crippen molar-refractivity contribution >= 4 is 71.0 Å². The van der Waals surface area contributed by atoms with Crippen molar-refractivity contribution in [3.05, 3.63) is 18.2 Å². The molecular weight excluding hydrogens is 1030 g/mol. The van der Waals surface area contributed by atoms with E-state index in [0.29, 0.717) is 31.4 Å². The first-order valence-corrected chi connectivity index (χ1v) is 26.6. The van der Waals surface area contributed by atoms with Gasteiger partial charge in [-0.15, -0.1) is 0 Å². The van der Waals surface area contributed by atoms with E-state index in [2.05, 4.69) is 57.8 Å². The first kappa shape index (κ1) is 67.6. The van der Waals surface area contributed by atoms with Crippen molar-refractivity contribution in [1.82, 2.24) is 62.7 Å². The molecule has 1 aliphatic rings. The van der Waals surface area contributed by atoms with Crippen LogP contribution in [0.1, 0.15) is 118 Å². The van der Waals surface area contributed by atoms with Crippen LogP contribution in [0, 0.1) is 17.2 Å². The number of primary amides is 1. The molecule has 2 heterocycles. The zero-order valence-electron chi connectivity index (χ0n) is 46.0. The maximum Gasteiger partial charge on any atom is 0.326 e. The predicted octanol–water partition coefficient (Wildman–Crippen LogP) is -4.98. The van der Waals surface area contributed by atoms with E-state index in [0.717, 1.165) is 4.90 Å². The number of guanidine groups is 1. The number of aliphatic hydroxyl groups is 1. The summed E-state index contributed by atoms with van der Waals surface area (Å²) in [7, 11) is 0. The first-order valence-electron chi connectivity index (χ1n) is 26.6. The highest BCUT2D eigenvalue weighted by Gasteiger charge is 2.41. The lowest BCUT2D eigenvalue weighted by Crippen LogP contribution is -2.61. The van der Waals surface area contributed by atoms with Gasteiger partial charge in [-0.1, -0.05) is 34.1 Å². The van der Waals surface area contributed by atoms with E-state index in [4.69, 9.17) is 28.3 Å². The second-order valence-corrected chi connectivity index (χ2v) is 20.1. The van der Waals surface area contributed by atoms with Gasteiger partial charge in [0.2, 0.25) is 59.1 Å². The summed E-state index contributed by atoms with van der Waals surface area (Å²) in [4.78, 5) is 155. The van der Waals surface area contributed by atoms with Crippen LogP contribution >= 0.6 is 0 Å². The number of rotatable bonds is 36. The molecule has 0 bridgehead atoms. The lowest BCUT2D eigenvalue weighted by molar-refractivity contribution is -0.143. The van der Waals surface area contributed by atoms with Gasteiger partial charge in [-0.25, -0.2) is 9.78 Å². The largest absolute Gasteiger partial charge is 0.480 e. The zero-order chi connectivity index (χ0) is 59.5. The van der Waals surface area contributed by atoms with Gasteiger partial charge in [-0.05, 0) is 90.0 Å². The van der Waals surface area contributed by atoms with E-state index in [1.165, 1.54) is 26.4 Å². The monoisotopic (exact) mass is 1120 g/mol. The van der Waals surface area contributed by atoms with Crippen LogP contribution in [0.3, 0.4) is 0 Å². The van der Waals surface area contributed by atoms with Crippen molar-refractivity contribution in [2.24, 2.45) is 34.8 Å². The van der Waals surface area contributed by atoms with Gasteiger partial charge in [0.25, 0.3) is 0 Å². The molecule has 1 saturated heterocycles. The van der Waals surface area contributed by atoms with Crippen LogP contribution < -0.4 is 70.8 Å². The highest BCUT2D eigenvalue weighted by atomic mass is 16.4. The lowest BCUT2D eigenvalue weighted by atomic mass is 9.97. The van der Waals surface area contributed by atoms with Gasteiger partial charge in [-0.3, -0.25) is 53.4 Å². The number of carbonyl (C=O) groups excluding carboxylic acids is 10. The Hall–Kier alpha value is -7.47. The van der Waals surface area contributed by atoms with Crippen molar-refractivity contribution < 1.29 is 63.0 Å². The summed E-state index contributed by atoms with van der Waals surface area (Å²) in [5, 5.41) is 50.1. The van der Waals surface area contributed by atoms with Crippen molar-refractivity contribution in [3.63, 3.8) is 0 Å². The van der Waals surface area contributed by atoms with Crippen LogP contribution in [0.5, 0.6) is 0 Å². The number of hydrogen-bond acceptors (Lipinski definition) is 16. The summed E-state index contributed by atoms with van der Waals surface area (Å²) in [6.07, 6.45) is 4.33. The van der Waals surface area contributed by atoms with Crippen LogP contribution in [-0.4, -0.2) is 183 Å². The maximum absolute atomic E-state index is 14.1. The normalized spacial score (nSPS) is 16.9. The molecule has 30 heteroatoms. The molecule has 0 aromatic carbocycles. The zero-order valence-corrected chi connectivity index (χ0v) is 46.0. The fourth-order valence-corrected chi connectivity index (χ4v) is 8.31. The maximum atomic E-state index is 14.1. The number of aromatic amines is 1. The number of aliphatic hydroxyl groups excluding tert-OH is 1. The molecule has 0 saturated carbocycles. The summed E-state index contributed by atoms with van der Waals surface area (Å²) < 4.78 is 0. The summed E-state index contributed by atoms with van der Waals surface area (Å²) >= 11 is 0. The van der Waals surface area contributed by atoms with Gasteiger partial charge in [0.1, 0.15) is 54.4 Å². The average Bonchev–Trinajstić information content (AvgIpc) is 4.13. The summed E-state index contributed by atoms with van der Waals surface area (Å²) in [5.41, 5.74) is 22.9. The Labute approximate surface area is 459 Å². The molecule has 0 spiro atoms. The van der Waals surface area contributed by atoms with Gasteiger partial charge >= 0.3 is 5.97 Å². The molecule has 79 heavy (non-hydrogen) atoms. The van der Waals surface area contributed by atoms with Gasteiger partial charge < -0.3 is 90.9 Å². The Morgan fingerprint density at radius 1 is 0.734 bits per heavy atom. The number of unbranched alkanes of at least 4 members (excludes halogenated alkanes) is 1. The highest BCUT2D eigenvalue weighted by Crippen LogP contribution is 2.20. The van der Waals surface area contributed by atoms with Crippen molar-refractivity contribution in [1.29, 1.82) is 5.41 Å². The fourth-order valence-electron chi connectivity index (χ4n) is 8.31. The number of aliphatic carboxylic acids is 1. The van der Waals surface area contributed by atoms with E-state index < -0.39 is 144 Å². The van der Waals surface area contributed by atoms with Gasteiger partial charge in [0.15, 0.2) is 5.96 Å². The number of carboxylic acid groups (broad SMARTS) is 1. The molecule has 1 aromatic rings. The number of amides is 10. The Morgan fingerprint density at radius 3 is 1.85 bits per heavy atom. The molecule has 444 valence electrons. The van der Waals surface area contributed by atoms with E-state index in [-0.39, 0.29) is 76.5 Å². The third-order valence-electron chi connectivity index (χ3n) is 13.1. The smallest absolute Gasteiger partial charge is 0.326 e. The molecule has 1 aromatic heterocycles. The van der Waals surface area contributed by atoms with Crippen molar-refractivity contribution in [3.8, 4) is 0 Å². The number of carbonyl (C=O) groups is 11. The molecule has 0 unspecified atom stereocenters. The Morgan fingerprint density at radius 2 is 1.32 bits per heavy atom. The predicted molar refractivity (Wildman–Crippen MR) is 286 cm³/mol. The molecule has 0 aliphatic carbocycles. The Kier molecular flexibility index (Phi) is 29.5. The van der Waals surface area contributed by atoms with Crippen LogP contribution in [-0.2, 0) is 59.2 Å². The summed E-state index contributed by atoms with van der Waals surface area (Å²) in [6, 6.07) is -13.0. The molecule has 0 radical (unpaired) electrons. The number of imidazole rings is 1. The highest BCUT2D eigenvalue weighted by molar-refractivity contribution is 5.99. The number of nitrogens with zero attached hydrogens (tertiary/aromatic N) is 2. The van der Waals surface area contributed by atoms with E-state index in [1.54, 1.807) is 27.7 Å². The van der Waals surface area contributed by atoms with Crippen LogP contribution in [0.15, 0.2) is 12.5 Å². The van der Waals surface area contributed by atoms with E-state index in [9.17, 15) is 63.0 Å². The molecule has 10 amide bonds. The minimum atomic E-state index is -1.63. The molecular formula is C49H85N17O13. The number of nitrogens with one attached hydrogen (secondary N) is 11. The summed E-state index contributed by atoms with van der Waals surface area (Å²) in [6.45, 7) is 9.20. The third kappa shape index (κ3) is 23.6. The number of H-pyrrole nitrogens is 1. The van der Waals surface area contributed by atoms with E-state index >= 15 is 0 Å². The van der Waals surface area contributed by atoms with Gasteiger partial charge in [0.05, 0.1) is 24.7 Å². The number of hydrogen-bond donors (Lipinski definition) is 17. The fraction of sp³-hybridized carbons (Fsp3) is 0.694. The third-order valence-corrected chi connectivity index (χ3v) is 13.1. The second kappa shape index (κ2) is 34.4. The Balaban J connectivity index is 2.23. The van der Waals surface area contributed by atoms with Crippen molar-refractivity contribution in [2.75, 3.05) is 26.2 Å². The standard InChI is InChI=1S/C49H85N17O13/c1-7-26(4)38(65-44(74)33(21-29-22-55-24-57-29)62-41(71)30(51)12-10-18-56-49(53)54)46(76)64-35(23-67)47(77)66-19-11-14-36(66)45(75)61-32(15-16-37(52)68)43(73)59-27(5)39(69)60-31(13-8-9-17-50)42(72)58-28(6)40(70)63-34(48(78)79)20-25(2)3/h22,24-28,30-36,38,67H,7-21,23,50-51H2,1-6H3,(H2,52,68)(H,55,57)(H,58,72)(H,59,73)(H,60,69)(H,61,75)(H,62,71)(H,63,70)(H,64,76)(H,65,74)(H,78,79)(H4,53,54,56)/t26-,27-,28-,30-,31-,32-,33-,34-,35-,36-,38-/m0/s1. The van der Waals surface area contributed by atoms with E-state index in [1.807, 2.05) is 0 Å². The molecule has 30 nitrogen and oxygen atoms in total. The molecule has 2 rings (SSSR count). The van der Waals surface area contributed by atoms with Crippen molar-refractivity contribution in [2.45, 2.75) is 179 Å². The Bertz CT molecular complexity index is 2240. The SMILES string of the molecule is CC[C@H](C)[C@H](NC(=O)[C@H](Cc1c[nH]cn1)NC(=O)[C@@H](N)CCCNC(=N)N)C(=O)N[C@@H](CO)C(=O)N1CCC[C@H]1C(=O)N[C@@H](CCC(N)=O)C(=O)N[C@@H](C)C(=O)N[C@@H](CCCCN)C(=O)N[C@@H](C)C(=O)N[C@@H](CC(C)C)C(=O)O. The lowest BCUT2D eigenvalue weighted by Gasteiger charge is -2.31. The second-order valence-electron chi connectivity index (χ2n) is 20.1. The van der Waals surface area contributed by atoms with Crippen LogP contribution in [0.2, 0.25) is 0 Å². The van der Waals surface area contributed by atoms with Gasteiger partial charge in [0, 0.05) is 32.1 Å². The number of aromatic nitrogens is 2. The molecule has 21 N–H and O–H groups in total. The van der Waals surface area contributed by atoms with Crippen LogP contribution in [0.25, 0.3) is 0 Å². The number of likely N-dealkylation sites (tertiary alicyclic amines) is 1. The minimum absolute atomic E-state index is 0.0153.